The Morgan fingerprint density at radius 3 is 2.82 bits per heavy atom. The lowest BCUT2D eigenvalue weighted by Gasteiger charge is -2.07. The number of carbonyl (C=O) groups excluding carboxylic acids is 1. The van der Waals surface area contributed by atoms with Crippen LogP contribution in [0.3, 0.4) is 0 Å². The first-order valence-corrected chi connectivity index (χ1v) is 5.02. The van der Waals surface area contributed by atoms with Crippen molar-refractivity contribution >= 4 is 17.3 Å². The number of nitro groups is 1. The van der Waals surface area contributed by atoms with Gasteiger partial charge in [-0.3, -0.25) is 14.9 Å². The van der Waals surface area contributed by atoms with Gasteiger partial charge < -0.3 is 15.7 Å². The molecule has 0 radical (unpaired) electrons. The SMILES string of the molecule is CCNCC(=O)Nc1cc([N+](=O)[O-])ccc1O. The third-order valence-electron chi connectivity index (χ3n) is 2.00. The number of carbonyl (C=O) groups is 1. The molecule has 0 bridgehead atoms. The summed E-state index contributed by atoms with van der Waals surface area (Å²) in [5.74, 6) is -0.580. The molecule has 0 aliphatic heterocycles. The molecule has 92 valence electrons. The summed E-state index contributed by atoms with van der Waals surface area (Å²) < 4.78 is 0. The molecule has 0 aliphatic carbocycles. The summed E-state index contributed by atoms with van der Waals surface area (Å²) in [6.07, 6.45) is 0. The number of nitro benzene ring substituents is 1. The van der Waals surface area contributed by atoms with Gasteiger partial charge in [-0.25, -0.2) is 0 Å². The zero-order valence-electron chi connectivity index (χ0n) is 9.27. The van der Waals surface area contributed by atoms with Gasteiger partial charge in [0.05, 0.1) is 17.2 Å². The smallest absolute Gasteiger partial charge is 0.271 e. The number of hydrogen-bond acceptors (Lipinski definition) is 5. The van der Waals surface area contributed by atoms with E-state index in [-0.39, 0.29) is 29.6 Å². The molecule has 0 unspecified atom stereocenters. The molecule has 0 saturated carbocycles. The van der Waals surface area contributed by atoms with E-state index >= 15 is 0 Å². The fourth-order valence-corrected chi connectivity index (χ4v) is 1.17. The first kappa shape index (κ1) is 12.9. The van der Waals surface area contributed by atoms with Gasteiger partial charge in [-0.05, 0) is 12.6 Å². The average molecular weight is 239 g/mol. The standard InChI is InChI=1S/C10H13N3O4/c1-2-11-6-10(15)12-8-5-7(13(16)17)3-4-9(8)14/h3-5,11,14H,2,6H2,1H3,(H,12,15). The molecule has 7 heteroatoms. The van der Waals surface area contributed by atoms with Crippen molar-refractivity contribution in [1.29, 1.82) is 0 Å². The number of amides is 1. The lowest BCUT2D eigenvalue weighted by Crippen LogP contribution is -2.27. The van der Waals surface area contributed by atoms with Gasteiger partial charge in [0, 0.05) is 12.1 Å². The zero-order valence-corrected chi connectivity index (χ0v) is 9.27. The number of phenolic OH excluding ortho intramolecular Hbond substituents is 1. The highest BCUT2D eigenvalue weighted by molar-refractivity contribution is 5.94. The molecular weight excluding hydrogens is 226 g/mol. The summed E-state index contributed by atoms with van der Waals surface area (Å²) in [6, 6.07) is 3.44. The number of anilines is 1. The maximum atomic E-state index is 11.4. The fourth-order valence-electron chi connectivity index (χ4n) is 1.17. The fraction of sp³-hybridized carbons (Fsp3) is 0.300. The molecule has 1 aromatic rings. The summed E-state index contributed by atoms with van der Waals surface area (Å²) in [6.45, 7) is 2.56. The highest BCUT2D eigenvalue weighted by atomic mass is 16.6. The van der Waals surface area contributed by atoms with Crippen LogP contribution >= 0.6 is 0 Å². The molecule has 0 aromatic heterocycles. The topological polar surface area (TPSA) is 104 Å². The second-order valence-electron chi connectivity index (χ2n) is 3.29. The van der Waals surface area contributed by atoms with E-state index in [9.17, 15) is 20.0 Å². The number of nitrogens with zero attached hydrogens (tertiary/aromatic N) is 1. The van der Waals surface area contributed by atoms with E-state index in [1.54, 1.807) is 0 Å². The predicted octanol–water partition coefficient (Wildman–Crippen LogP) is 0.848. The third-order valence-corrected chi connectivity index (χ3v) is 2.00. The van der Waals surface area contributed by atoms with Crippen LogP contribution in [-0.4, -0.2) is 29.0 Å². The zero-order chi connectivity index (χ0) is 12.8. The average Bonchev–Trinajstić information content (AvgIpc) is 2.29. The van der Waals surface area contributed by atoms with Crippen molar-refractivity contribution in [3.8, 4) is 5.75 Å². The Bertz CT molecular complexity index is 434. The van der Waals surface area contributed by atoms with E-state index in [1.807, 2.05) is 6.92 Å². The quantitative estimate of drug-likeness (QED) is 0.401. The molecule has 0 aliphatic rings. The first-order valence-electron chi connectivity index (χ1n) is 5.02. The number of hydrogen-bond donors (Lipinski definition) is 3. The molecule has 3 N–H and O–H groups in total. The van der Waals surface area contributed by atoms with Crippen LogP contribution in [0.15, 0.2) is 18.2 Å². The van der Waals surface area contributed by atoms with E-state index in [1.165, 1.54) is 6.07 Å². The first-order chi connectivity index (χ1) is 8.04. The Balaban J connectivity index is 2.79. The molecule has 0 heterocycles. The molecule has 1 rings (SSSR count). The number of non-ortho nitro benzene ring substituents is 1. The molecule has 7 nitrogen and oxygen atoms in total. The summed E-state index contributed by atoms with van der Waals surface area (Å²) >= 11 is 0. The van der Waals surface area contributed by atoms with Crippen LogP contribution in [0.5, 0.6) is 5.75 Å². The van der Waals surface area contributed by atoms with Crippen molar-refractivity contribution < 1.29 is 14.8 Å². The van der Waals surface area contributed by atoms with Crippen molar-refractivity contribution in [3.63, 3.8) is 0 Å². The van der Waals surface area contributed by atoms with E-state index in [2.05, 4.69) is 10.6 Å². The van der Waals surface area contributed by atoms with Gasteiger partial charge in [0.1, 0.15) is 5.75 Å². The van der Waals surface area contributed by atoms with Gasteiger partial charge in [-0.2, -0.15) is 0 Å². The largest absolute Gasteiger partial charge is 0.506 e. The van der Waals surface area contributed by atoms with Gasteiger partial charge in [-0.15, -0.1) is 0 Å². The molecular formula is C10H13N3O4. The highest BCUT2D eigenvalue weighted by Crippen LogP contribution is 2.27. The van der Waals surface area contributed by atoms with Crippen LogP contribution in [0.4, 0.5) is 11.4 Å². The minimum atomic E-state index is -0.598. The van der Waals surface area contributed by atoms with E-state index in [0.717, 1.165) is 12.1 Å². The molecule has 17 heavy (non-hydrogen) atoms. The van der Waals surface area contributed by atoms with Gasteiger partial charge in [0.15, 0.2) is 0 Å². The van der Waals surface area contributed by atoms with Gasteiger partial charge in [0.2, 0.25) is 5.91 Å². The Hall–Kier alpha value is -2.15. The van der Waals surface area contributed by atoms with Crippen molar-refractivity contribution in [2.45, 2.75) is 6.92 Å². The maximum absolute atomic E-state index is 11.4. The minimum Gasteiger partial charge on any atom is -0.506 e. The minimum absolute atomic E-state index is 0.0297. The lowest BCUT2D eigenvalue weighted by molar-refractivity contribution is -0.384. The van der Waals surface area contributed by atoms with Crippen LogP contribution in [0.1, 0.15) is 6.92 Å². The van der Waals surface area contributed by atoms with E-state index < -0.39 is 4.92 Å². The number of aromatic hydroxyl groups is 1. The van der Waals surface area contributed by atoms with Crippen molar-refractivity contribution in [3.05, 3.63) is 28.3 Å². The van der Waals surface area contributed by atoms with Crippen molar-refractivity contribution in [2.24, 2.45) is 0 Å². The number of nitrogens with one attached hydrogen (secondary N) is 2. The van der Waals surface area contributed by atoms with Crippen LogP contribution in [0, 0.1) is 10.1 Å². The van der Waals surface area contributed by atoms with Crippen LogP contribution < -0.4 is 10.6 Å². The Labute approximate surface area is 97.6 Å². The number of benzene rings is 1. The number of rotatable bonds is 5. The summed E-state index contributed by atoms with van der Waals surface area (Å²) in [5, 5.41) is 25.1. The van der Waals surface area contributed by atoms with Gasteiger partial charge >= 0.3 is 0 Å². The highest BCUT2D eigenvalue weighted by Gasteiger charge is 2.12. The number of likely N-dealkylation sites (N-methyl/N-ethyl adjacent to an activating group) is 1. The molecule has 1 amide bonds. The second-order valence-corrected chi connectivity index (χ2v) is 3.29. The van der Waals surface area contributed by atoms with Crippen LogP contribution in [0.25, 0.3) is 0 Å². The summed E-state index contributed by atoms with van der Waals surface area (Å²) in [7, 11) is 0. The maximum Gasteiger partial charge on any atom is 0.271 e. The second kappa shape index (κ2) is 5.80. The monoisotopic (exact) mass is 239 g/mol. The normalized spacial score (nSPS) is 9.94. The van der Waals surface area contributed by atoms with Crippen molar-refractivity contribution in [1.82, 2.24) is 5.32 Å². The Morgan fingerprint density at radius 2 is 2.24 bits per heavy atom. The molecule has 0 fully saturated rings. The Kier molecular flexibility index (Phi) is 4.41. The number of phenols is 1. The van der Waals surface area contributed by atoms with E-state index in [0.29, 0.717) is 6.54 Å². The van der Waals surface area contributed by atoms with Crippen LogP contribution in [0.2, 0.25) is 0 Å². The summed E-state index contributed by atoms with van der Waals surface area (Å²) in [5.41, 5.74) is -0.163. The molecule has 1 aromatic carbocycles. The van der Waals surface area contributed by atoms with Crippen molar-refractivity contribution in [2.75, 3.05) is 18.4 Å². The van der Waals surface area contributed by atoms with Crippen LogP contribution in [-0.2, 0) is 4.79 Å². The van der Waals surface area contributed by atoms with Gasteiger partial charge in [0.25, 0.3) is 5.69 Å². The Morgan fingerprint density at radius 1 is 1.53 bits per heavy atom. The lowest BCUT2D eigenvalue weighted by atomic mass is 10.2. The van der Waals surface area contributed by atoms with E-state index in [4.69, 9.17) is 0 Å². The predicted molar refractivity (Wildman–Crippen MR) is 61.9 cm³/mol. The molecule has 0 atom stereocenters. The molecule has 0 spiro atoms. The molecule has 0 saturated heterocycles. The summed E-state index contributed by atoms with van der Waals surface area (Å²) in [4.78, 5) is 21.3. The van der Waals surface area contributed by atoms with Gasteiger partial charge in [-0.1, -0.05) is 6.92 Å². The third kappa shape index (κ3) is 3.72.